The molecule has 0 aliphatic carbocycles. The van der Waals surface area contributed by atoms with Gasteiger partial charge in [-0.05, 0) is 49.6 Å². The predicted molar refractivity (Wildman–Crippen MR) is 83.6 cm³/mol. The van der Waals surface area contributed by atoms with E-state index in [1.165, 1.54) is 0 Å². The quantitative estimate of drug-likeness (QED) is 0.886. The highest BCUT2D eigenvalue weighted by atomic mass is 16.5. The van der Waals surface area contributed by atoms with E-state index in [1.807, 2.05) is 44.3 Å². The number of pyridine rings is 1. The van der Waals surface area contributed by atoms with Crippen LogP contribution in [-0.2, 0) is 17.8 Å². The van der Waals surface area contributed by atoms with Crippen LogP contribution in [0.2, 0.25) is 0 Å². The summed E-state index contributed by atoms with van der Waals surface area (Å²) in [7, 11) is 1.68. The van der Waals surface area contributed by atoms with Gasteiger partial charge >= 0.3 is 0 Å². The Hall–Kier alpha value is -1.91. The van der Waals surface area contributed by atoms with Gasteiger partial charge < -0.3 is 15.2 Å². The number of rotatable bonds is 6. The van der Waals surface area contributed by atoms with E-state index < -0.39 is 0 Å². The summed E-state index contributed by atoms with van der Waals surface area (Å²) >= 11 is 0. The van der Waals surface area contributed by atoms with Crippen molar-refractivity contribution in [2.75, 3.05) is 7.11 Å². The molecule has 2 aromatic rings. The van der Waals surface area contributed by atoms with Gasteiger partial charge in [-0.1, -0.05) is 12.1 Å². The predicted octanol–water partition coefficient (Wildman–Crippen LogP) is 3.22. The Morgan fingerprint density at radius 2 is 2.05 bits per heavy atom. The summed E-state index contributed by atoms with van der Waals surface area (Å²) in [6.07, 6.45) is 2.64. The molecule has 0 aliphatic rings. The molecule has 0 bridgehead atoms. The van der Waals surface area contributed by atoms with Crippen molar-refractivity contribution in [3.63, 3.8) is 0 Å². The summed E-state index contributed by atoms with van der Waals surface area (Å²) in [6.45, 7) is 4.55. The van der Waals surface area contributed by atoms with Gasteiger partial charge in [0, 0.05) is 24.9 Å². The summed E-state index contributed by atoms with van der Waals surface area (Å²) in [6, 6.07) is 10.0. The second-order valence-electron chi connectivity index (χ2n) is 5.33. The molecule has 2 N–H and O–H groups in total. The molecule has 1 heterocycles. The van der Waals surface area contributed by atoms with Gasteiger partial charge in [0.1, 0.15) is 5.75 Å². The van der Waals surface area contributed by atoms with Crippen molar-refractivity contribution in [3.05, 3.63) is 53.2 Å². The van der Waals surface area contributed by atoms with Gasteiger partial charge in [0.15, 0.2) is 0 Å². The van der Waals surface area contributed by atoms with Crippen LogP contribution in [0.5, 0.6) is 11.6 Å². The van der Waals surface area contributed by atoms with Crippen molar-refractivity contribution in [1.29, 1.82) is 0 Å². The zero-order valence-electron chi connectivity index (χ0n) is 12.8. The molecule has 0 saturated carbocycles. The maximum absolute atomic E-state index is 5.86. The fourth-order valence-electron chi connectivity index (χ4n) is 2.19. The number of aromatic nitrogens is 1. The molecule has 0 amide bonds. The Morgan fingerprint density at radius 3 is 2.71 bits per heavy atom. The second-order valence-corrected chi connectivity index (χ2v) is 5.33. The highest BCUT2D eigenvalue weighted by molar-refractivity contribution is 5.35. The van der Waals surface area contributed by atoms with Crippen molar-refractivity contribution in [1.82, 2.24) is 4.98 Å². The van der Waals surface area contributed by atoms with Crippen LogP contribution in [0, 0.1) is 6.92 Å². The second kappa shape index (κ2) is 7.20. The van der Waals surface area contributed by atoms with Gasteiger partial charge in [-0.3, -0.25) is 0 Å². The third-order valence-electron chi connectivity index (χ3n) is 3.07. The average molecular weight is 286 g/mol. The summed E-state index contributed by atoms with van der Waals surface area (Å²) in [5, 5.41) is 0. The molecule has 0 radical (unpaired) electrons. The molecule has 0 spiro atoms. The fourth-order valence-corrected chi connectivity index (χ4v) is 2.19. The fraction of sp³-hybridized carbons (Fsp3) is 0.353. The van der Waals surface area contributed by atoms with Crippen molar-refractivity contribution in [3.8, 4) is 11.6 Å². The minimum Gasteiger partial charge on any atom is -0.439 e. The van der Waals surface area contributed by atoms with Crippen LogP contribution in [0.4, 0.5) is 0 Å². The highest BCUT2D eigenvalue weighted by Gasteiger charge is 2.06. The largest absolute Gasteiger partial charge is 0.439 e. The van der Waals surface area contributed by atoms with E-state index >= 15 is 0 Å². The number of ether oxygens (including phenoxy) is 2. The number of methoxy groups -OCH3 is 1. The van der Waals surface area contributed by atoms with Gasteiger partial charge in [-0.15, -0.1) is 0 Å². The SMILES string of the molecule is COCc1cccc(Oc2ncc(CC(C)N)cc2C)c1. The minimum atomic E-state index is 0.128. The molecule has 1 unspecified atom stereocenters. The zero-order valence-corrected chi connectivity index (χ0v) is 12.8. The first-order valence-corrected chi connectivity index (χ1v) is 7.05. The smallest absolute Gasteiger partial charge is 0.222 e. The number of hydrogen-bond acceptors (Lipinski definition) is 4. The molecule has 1 aromatic carbocycles. The normalized spacial score (nSPS) is 12.2. The molecule has 0 fully saturated rings. The maximum Gasteiger partial charge on any atom is 0.222 e. The first-order valence-electron chi connectivity index (χ1n) is 7.05. The van der Waals surface area contributed by atoms with Crippen LogP contribution in [0.25, 0.3) is 0 Å². The molecule has 0 saturated heterocycles. The Kier molecular flexibility index (Phi) is 5.31. The average Bonchev–Trinajstić information content (AvgIpc) is 2.42. The Labute approximate surface area is 125 Å². The van der Waals surface area contributed by atoms with E-state index in [9.17, 15) is 0 Å². The summed E-state index contributed by atoms with van der Waals surface area (Å²) < 4.78 is 11.0. The molecule has 1 atom stereocenters. The van der Waals surface area contributed by atoms with Crippen LogP contribution < -0.4 is 10.5 Å². The van der Waals surface area contributed by atoms with E-state index in [1.54, 1.807) is 7.11 Å². The molecule has 1 aromatic heterocycles. The molecule has 4 nitrogen and oxygen atoms in total. The number of nitrogens with zero attached hydrogens (tertiary/aromatic N) is 1. The highest BCUT2D eigenvalue weighted by Crippen LogP contribution is 2.24. The Morgan fingerprint density at radius 1 is 1.24 bits per heavy atom. The van der Waals surface area contributed by atoms with E-state index in [4.69, 9.17) is 15.2 Å². The van der Waals surface area contributed by atoms with E-state index in [0.717, 1.165) is 28.9 Å². The van der Waals surface area contributed by atoms with E-state index in [0.29, 0.717) is 12.5 Å². The number of hydrogen-bond donors (Lipinski definition) is 1. The van der Waals surface area contributed by atoms with Crippen molar-refractivity contribution < 1.29 is 9.47 Å². The molecule has 0 aliphatic heterocycles. The maximum atomic E-state index is 5.86. The van der Waals surface area contributed by atoms with Crippen LogP contribution in [0.3, 0.4) is 0 Å². The lowest BCUT2D eigenvalue weighted by atomic mass is 10.1. The lowest BCUT2D eigenvalue weighted by Crippen LogP contribution is -2.17. The summed E-state index contributed by atoms with van der Waals surface area (Å²) in [5.41, 5.74) is 9.01. The van der Waals surface area contributed by atoms with Gasteiger partial charge in [-0.2, -0.15) is 0 Å². The lowest BCUT2D eigenvalue weighted by molar-refractivity contribution is 0.184. The van der Waals surface area contributed by atoms with Crippen LogP contribution in [0.15, 0.2) is 36.5 Å². The Balaban J connectivity index is 2.14. The summed E-state index contributed by atoms with van der Waals surface area (Å²) in [5.74, 6) is 1.39. The molecule has 21 heavy (non-hydrogen) atoms. The monoisotopic (exact) mass is 286 g/mol. The van der Waals surface area contributed by atoms with Crippen molar-refractivity contribution in [2.24, 2.45) is 5.73 Å². The zero-order chi connectivity index (χ0) is 15.2. The van der Waals surface area contributed by atoms with Crippen LogP contribution in [-0.4, -0.2) is 18.1 Å². The molecule has 112 valence electrons. The number of benzene rings is 1. The third kappa shape index (κ3) is 4.55. The van der Waals surface area contributed by atoms with E-state index in [2.05, 4.69) is 11.1 Å². The molecular formula is C17H22N2O2. The lowest BCUT2D eigenvalue weighted by Gasteiger charge is -2.11. The summed E-state index contributed by atoms with van der Waals surface area (Å²) in [4.78, 5) is 4.39. The molecule has 4 heteroatoms. The molecular weight excluding hydrogens is 264 g/mol. The minimum absolute atomic E-state index is 0.128. The van der Waals surface area contributed by atoms with E-state index in [-0.39, 0.29) is 6.04 Å². The van der Waals surface area contributed by atoms with Crippen molar-refractivity contribution in [2.45, 2.75) is 32.9 Å². The standard InChI is InChI=1S/C17H22N2O2/c1-12-7-15(8-13(2)18)10-19-17(12)21-16-6-4-5-14(9-16)11-20-3/h4-7,9-10,13H,8,11,18H2,1-3H3. The van der Waals surface area contributed by atoms with Gasteiger partial charge in [0.2, 0.25) is 5.88 Å². The topological polar surface area (TPSA) is 57.4 Å². The van der Waals surface area contributed by atoms with Gasteiger partial charge in [0.25, 0.3) is 0 Å². The number of aryl methyl sites for hydroxylation is 1. The first kappa shape index (κ1) is 15.5. The third-order valence-corrected chi connectivity index (χ3v) is 3.07. The van der Waals surface area contributed by atoms with Gasteiger partial charge in [0.05, 0.1) is 6.61 Å². The Bertz CT molecular complexity index is 597. The number of nitrogens with two attached hydrogens (primary N) is 1. The molecule has 2 rings (SSSR count). The van der Waals surface area contributed by atoms with Gasteiger partial charge in [-0.25, -0.2) is 4.98 Å². The van der Waals surface area contributed by atoms with Crippen molar-refractivity contribution >= 4 is 0 Å². The van der Waals surface area contributed by atoms with Crippen LogP contribution >= 0.6 is 0 Å². The first-order chi connectivity index (χ1) is 10.1. The van der Waals surface area contributed by atoms with Crippen LogP contribution in [0.1, 0.15) is 23.6 Å².